The molecule has 6 heteroatoms. The third-order valence-corrected chi connectivity index (χ3v) is 4.86. The Morgan fingerprint density at radius 1 is 1.04 bits per heavy atom. The van der Waals surface area contributed by atoms with Crippen molar-refractivity contribution in [1.29, 1.82) is 0 Å². The van der Waals surface area contributed by atoms with Gasteiger partial charge in [0.1, 0.15) is 12.1 Å². The Morgan fingerprint density at radius 3 is 2.30 bits per heavy atom. The highest BCUT2D eigenvalue weighted by molar-refractivity contribution is 6.10. The summed E-state index contributed by atoms with van der Waals surface area (Å²) in [5, 5.41) is 5.48. The second-order valence-electron chi connectivity index (χ2n) is 7.18. The second-order valence-corrected chi connectivity index (χ2v) is 7.18. The molecule has 1 aliphatic heterocycles. The number of carbonyl (C=O) groups is 3. The minimum atomic E-state index is -1.18. The smallest absolute Gasteiger partial charge is 0.324 e. The fourth-order valence-corrected chi connectivity index (χ4v) is 3.21. The molecule has 0 aliphatic carbocycles. The van der Waals surface area contributed by atoms with E-state index < -0.39 is 23.4 Å². The van der Waals surface area contributed by atoms with Gasteiger partial charge in [0.05, 0.1) is 0 Å². The Kier molecular flexibility index (Phi) is 4.74. The zero-order valence-electron chi connectivity index (χ0n) is 15.9. The van der Waals surface area contributed by atoms with Crippen LogP contribution in [-0.4, -0.2) is 29.3 Å². The molecule has 0 aromatic heterocycles. The van der Waals surface area contributed by atoms with Gasteiger partial charge in [-0.3, -0.25) is 14.5 Å². The summed E-state index contributed by atoms with van der Waals surface area (Å²) in [4.78, 5) is 38.6. The van der Waals surface area contributed by atoms with E-state index in [1.165, 1.54) is 0 Å². The molecule has 0 saturated carbocycles. The van der Waals surface area contributed by atoms with Gasteiger partial charge < -0.3 is 10.6 Å². The summed E-state index contributed by atoms with van der Waals surface area (Å²) in [6.45, 7) is 7.13. The summed E-state index contributed by atoms with van der Waals surface area (Å²) in [5.74, 6) is -0.856. The van der Waals surface area contributed by atoms with E-state index in [1.807, 2.05) is 63.2 Å². The van der Waals surface area contributed by atoms with Gasteiger partial charge in [-0.2, -0.15) is 0 Å². The zero-order valence-corrected chi connectivity index (χ0v) is 15.9. The first-order valence-electron chi connectivity index (χ1n) is 8.79. The van der Waals surface area contributed by atoms with Crippen molar-refractivity contribution in [2.45, 2.75) is 33.2 Å². The van der Waals surface area contributed by atoms with E-state index in [9.17, 15) is 14.4 Å². The van der Waals surface area contributed by atoms with Crippen molar-refractivity contribution in [1.82, 2.24) is 10.2 Å². The quantitative estimate of drug-likeness (QED) is 0.818. The van der Waals surface area contributed by atoms with E-state index in [1.54, 1.807) is 6.92 Å². The Balaban J connectivity index is 1.75. The van der Waals surface area contributed by atoms with Gasteiger partial charge in [0.15, 0.2) is 0 Å². The number of nitrogens with zero attached hydrogens (tertiary/aromatic N) is 1. The maximum atomic E-state index is 12.9. The minimum absolute atomic E-state index is 0.334. The molecule has 2 N–H and O–H groups in total. The number of hydrogen-bond acceptors (Lipinski definition) is 3. The van der Waals surface area contributed by atoms with Gasteiger partial charge in [-0.15, -0.1) is 0 Å². The lowest BCUT2D eigenvalue weighted by molar-refractivity contribution is -0.133. The van der Waals surface area contributed by atoms with Crippen LogP contribution < -0.4 is 10.6 Å². The number of imide groups is 1. The molecule has 1 fully saturated rings. The molecule has 0 spiro atoms. The Labute approximate surface area is 158 Å². The van der Waals surface area contributed by atoms with E-state index in [0.717, 1.165) is 21.6 Å². The number of hydrogen-bond donors (Lipinski definition) is 2. The van der Waals surface area contributed by atoms with Crippen molar-refractivity contribution in [2.24, 2.45) is 0 Å². The molecule has 0 radical (unpaired) electrons. The predicted molar refractivity (Wildman–Crippen MR) is 103 cm³/mol. The van der Waals surface area contributed by atoms with Crippen molar-refractivity contribution >= 4 is 23.5 Å². The highest BCUT2D eigenvalue weighted by atomic mass is 16.2. The van der Waals surface area contributed by atoms with Crippen LogP contribution in [0.3, 0.4) is 0 Å². The summed E-state index contributed by atoms with van der Waals surface area (Å²) in [6.07, 6.45) is 0. The van der Waals surface area contributed by atoms with Crippen LogP contribution in [0, 0.1) is 20.8 Å². The van der Waals surface area contributed by atoms with E-state index in [2.05, 4.69) is 10.6 Å². The molecule has 1 heterocycles. The van der Waals surface area contributed by atoms with E-state index in [4.69, 9.17) is 0 Å². The SMILES string of the molecule is Cc1ccc([C@]2(C)NC(=O)N(CC(=O)Nc3ccc(C)cc3C)C2=O)cc1. The number of urea groups is 1. The van der Waals surface area contributed by atoms with Crippen molar-refractivity contribution in [2.75, 3.05) is 11.9 Å². The first kappa shape index (κ1) is 18.6. The average Bonchev–Trinajstić information content (AvgIpc) is 2.82. The number of amides is 4. The molecule has 3 rings (SSSR count). The number of nitrogens with one attached hydrogen (secondary N) is 2. The summed E-state index contributed by atoms with van der Waals surface area (Å²) >= 11 is 0. The lowest BCUT2D eigenvalue weighted by atomic mass is 9.91. The molecule has 6 nitrogen and oxygen atoms in total. The van der Waals surface area contributed by atoms with Gasteiger partial charge in [0.25, 0.3) is 5.91 Å². The summed E-state index contributed by atoms with van der Waals surface area (Å²) in [6, 6.07) is 12.5. The van der Waals surface area contributed by atoms with Crippen molar-refractivity contribution in [3.05, 3.63) is 64.7 Å². The lowest BCUT2D eigenvalue weighted by Crippen LogP contribution is -2.42. The summed E-state index contributed by atoms with van der Waals surface area (Å²) in [7, 11) is 0. The van der Waals surface area contributed by atoms with Gasteiger partial charge in [0.2, 0.25) is 5.91 Å². The van der Waals surface area contributed by atoms with Crippen molar-refractivity contribution < 1.29 is 14.4 Å². The normalized spacial score (nSPS) is 19.2. The van der Waals surface area contributed by atoms with Crippen LogP contribution in [0.1, 0.15) is 29.2 Å². The molecule has 0 unspecified atom stereocenters. The van der Waals surface area contributed by atoms with Crippen LogP contribution in [0.4, 0.5) is 10.5 Å². The average molecular weight is 365 g/mol. The minimum Gasteiger partial charge on any atom is -0.324 e. The Morgan fingerprint density at radius 2 is 1.67 bits per heavy atom. The van der Waals surface area contributed by atoms with E-state index in [0.29, 0.717) is 11.3 Å². The molecule has 1 atom stereocenters. The van der Waals surface area contributed by atoms with Gasteiger partial charge in [-0.1, -0.05) is 47.5 Å². The first-order valence-corrected chi connectivity index (χ1v) is 8.79. The van der Waals surface area contributed by atoms with Gasteiger partial charge in [0, 0.05) is 5.69 Å². The molecule has 0 bridgehead atoms. The molecule has 2 aromatic rings. The van der Waals surface area contributed by atoms with Gasteiger partial charge in [-0.25, -0.2) is 4.79 Å². The summed E-state index contributed by atoms with van der Waals surface area (Å²) < 4.78 is 0. The molecular weight excluding hydrogens is 342 g/mol. The molecule has 140 valence electrons. The standard InChI is InChI=1S/C21H23N3O3/c1-13-5-8-16(9-6-13)21(4)19(26)24(20(27)23-21)12-18(25)22-17-10-7-14(2)11-15(17)3/h5-11H,12H2,1-4H3,(H,22,25)(H,23,27)/t21-/m0/s1. The zero-order chi connectivity index (χ0) is 19.8. The molecule has 1 saturated heterocycles. The van der Waals surface area contributed by atoms with Crippen LogP contribution in [0.25, 0.3) is 0 Å². The Hall–Kier alpha value is -3.15. The number of rotatable bonds is 4. The van der Waals surface area contributed by atoms with Gasteiger partial charge in [-0.05, 0) is 44.9 Å². The second kappa shape index (κ2) is 6.87. The molecule has 2 aromatic carbocycles. The number of aryl methyl sites for hydroxylation is 3. The molecule has 4 amide bonds. The number of carbonyl (C=O) groups excluding carboxylic acids is 3. The number of benzene rings is 2. The number of anilines is 1. The highest BCUT2D eigenvalue weighted by Crippen LogP contribution is 2.29. The molecular formula is C21H23N3O3. The van der Waals surface area contributed by atoms with Crippen molar-refractivity contribution in [3.8, 4) is 0 Å². The topological polar surface area (TPSA) is 78.5 Å². The van der Waals surface area contributed by atoms with E-state index in [-0.39, 0.29) is 6.54 Å². The maximum Gasteiger partial charge on any atom is 0.325 e. The lowest BCUT2D eigenvalue weighted by Gasteiger charge is -2.22. The predicted octanol–water partition coefficient (Wildman–Crippen LogP) is 3.02. The van der Waals surface area contributed by atoms with Crippen LogP contribution in [0.5, 0.6) is 0 Å². The van der Waals surface area contributed by atoms with Crippen LogP contribution in [0.2, 0.25) is 0 Å². The Bertz CT molecular complexity index is 921. The highest BCUT2D eigenvalue weighted by Gasteiger charge is 2.49. The third kappa shape index (κ3) is 3.56. The monoisotopic (exact) mass is 365 g/mol. The third-order valence-electron chi connectivity index (χ3n) is 4.86. The molecule has 1 aliphatic rings. The van der Waals surface area contributed by atoms with Crippen molar-refractivity contribution in [3.63, 3.8) is 0 Å². The largest absolute Gasteiger partial charge is 0.325 e. The van der Waals surface area contributed by atoms with Crippen LogP contribution in [-0.2, 0) is 15.1 Å². The fourth-order valence-electron chi connectivity index (χ4n) is 3.21. The molecule has 27 heavy (non-hydrogen) atoms. The van der Waals surface area contributed by atoms with Gasteiger partial charge >= 0.3 is 6.03 Å². The fraction of sp³-hybridized carbons (Fsp3) is 0.286. The van der Waals surface area contributed by atoms with E-state index >= 15 is 0 Å². The first-order chi connectivity index (χ1) is 12.7. The summed E-state index contributed by atoms with van der Waals surface area (Å²) in [5.41, 5.74) is 3.25. The van der Waals surface area contributed by atoms with Crippen LogP contribution in [0.15, 0.2) is 42.5 Å². The van der Waals surface area contributed by atoms with Crippen LogP contribution >= 0.6 is 0 Å². The maximum absolute atomic E-state index is 12.9.